The van der Waals surface area contributed by atoms with Crippen LogP contribution < -0.4 is 10.1 Å². The summed E-state index contributed by atoms with van der Waals surface area (Å²) in [6, 6.07) is 8.68. The van der Waals surface area contributed by atoms with Crippen LogP contribution in [-0.4, -0.2) is 31.6 Å². The number of hydrogen-bond acceptors (Lipinski definition) is 4. The van der Waals surface area contributed by atoms with Gasteiger partial charge in [0.2, 0.25) is 0 Å². The van der Waals surface area contributed by atoms with Gasteiger partial charge in [-0.3, -0.25) is 9.59 Å². The number of aryl methyl sites for hydroxylation is 2. The van der Waals surface area contributed by atoms with Gasteiger partial charge in [0, 0.05) is 11.6 Å². The molecule has 0 bridgehead atoms. The summed E-state index contributed by atoms with van der Waals surface area (Å²) in [5, 5.41) is 2.76. The summed E-state index contributed by atoms with van der Waals surface area (Å²) in [4.78, 5) is 25.5. The molecule has 0 unspecified atom stereocenters. The molecule has 0 aliphatic heterocycles. The van der Waals surface area contributed by atoms with Crippen LogP contribution in [0.3, 0.4) is 0 Å². The normalized spacial score (nSPS) is 18.4. The molecule has 8 heteroatoms. The summed E-state index contributed by atoms with van der Waals surface area (Å²) >= 11 is 0. The topological polar surface area (TPSA) is 64.6 Å². The highest BCUT2D eigenvalue weighted by molar-refractivity contribution is 5.95. The summed E-state index contributed by atoms with van der Waals surface area (Å²) in [6.45, 7) is 5.90. The molecular formula is C26H28F3NO4. The molecular weight excluding hydrogens is 447 g/mol. The fourth-order valence-electron chi connectivity index (χ4n) is 4.38. The highest BCUT2D eigenvalue weighted by atomic mass is 19.4. The van der Waals surface area contributed by atoms with E-state index >= 15 is 0 Å². The highest BCUT2D eigenvalue weighted by Gasteiger charge is 2.36. The van der Waals surface area contributed by atoms with Gasteiger partial charge in [-0.1, -0.05) is 41.5 Å². The quantitative estimate of drug-likeness (QED) is 0.433. The van der Waals surface area contributed by atoms with Crippen molar-refractivity contribution in [3.63, 3.8) is 0 Å². The first-order valence-corrected chi connectivity index (χ1v) is 11.0. The van der Waals surface area contributed by atoms with E-state index in [2.05, 4.69) is 5.32 Å². The van der Waals surface area contributed by atoms with Crippen molar-refractivity contribution in [3.8, 4) is 5.75 Å². The van der Waals surface area contributed by atoms with Crippen molar-refractivity contribution in [2.75, 3.05) is 13.7 Å². The van der Waals surface area contributed by atoms with Crippen LogP contribution in [0.5, 0.6) is 5.75 Å². The zero-order chi connectivity index (χ0) is 25.0. The van der Waals surface area contributed by atoms with Crippen LogP contribution in [0.15, 0.2) is 48.6 Å². The zero-order valence-electron chi connectivity index (χ0n) is 19.5. The maximum Gasteiger partial charge on any atom is 0.419 e. The smallest absolute Gasteiger partial charge is 0.419 e. The van der Waals surface area contributed by atoms with E-state index in [0.717, 1.165) is 35.9 Å². The van der Waals surface area contributed by atoms with Crippen LogP contribution in [0.1, 0.15) is 51.9 Å². The van der Waals surface area contributed by atoms with Crippen molar-refractivity contribution in [1.82, 2.24) is 5.32 Å². The van der Waals surface area contributed by atoms with Crippen LogP contribution in [-0.2, 0) is 15.7 Å². The molecule has 1 N–H and O–H groups in total. The standard InChI is InChI=1S/C26H28F3NO4/c1-5-34-25(32)23(19-11-15(2)10-16(3)12-19)17-6-8-20(13-17)30-24(31)18-7-9-22(33-4)21(14-18)26(27,28)29/h6-12,14,17,20,23H,5,13H2,1-4H3,(H,30,31)/t17-,20+,23+/m1/s1. The van der Waals surface area contributed by atoms with Gasteiger partial charge in [0.25, 0.3) is 5.91 Å². The van der Waals surface area contributed by atoms with Crippen LogP contribution in [0.4, 0.5) is 13.2 Å². The molecule has 34 heavy (non-hydrogen) atoms. The Balaban J connectivity index is 1.78. The lowest BCUT2D eigenvalue weighted by Crippen LogP contribution is -2.34. The molecule has 0 aromatic heterocycles. The minimum absolute atomic E-state index is 0.124. The van der Waals surface area contributed by atoms with Gasteiger partial charge in [-0.15, -0.1) is 0 Å². The van der Waals surface area contributed by atoms with E-state index in [1.54, 1.807) is 13.0 Å². The first kappa shape index (κ1) is 25.3. The Labute approximate surface area is 196 Å². The van der Waals surface area contributed by atoms with Gasteiger partial charge in [-0.25, -0.2) is 0 Å². The van der Waals surface area contributed by atoms with Crippen LogP contribution in [0.25, 0.3) is 0 Å². The summed E-state index contributed by atoms with van der Waals surface area (Å²) in [7, 11) is 1.14. The molecule has 0 saturated heterocycles. The van der Waals surface area contributed by atoms with Crippen molar-refractivity contribution >= 4 is 11.9 Å². The van der Waals surface area contributed by atoms with Crippen LogP contribution in [0, 0.1) is 19.8 Å². The number of ether oxygens (including phenoxy) is 2. The zero-order valence-corrected chi connectivity index (χ0v) is 19.5. The van der Waals surface area contributed by atoms with Crippen molar-refractivity contribution in [1.29, 1.82) is 0 Å². The van der Waals surface area contributed by atoms with Crippen LogP contribution in [0.2, 0.25) is 0 Å². The monoisotopic (exact) mass is 475 g/mol. The third-order valence-corrected chi connectivity index (χ3v) is 5.77. The number of nitrogens with one attached hydrogen (secondary N) is 1. The van der Waals surface area contributed by atoms with Crippen molar-refractivity contribution in [2.45, 2.75) is 45.3 Å². The molecule has 0 saturated carbocycles. The summed E-state index contributed by atoms with van der Waals surface area (Å²) in [5.74, 6) is -2.11. The van der Waals surface area contributed by atoms with E-state index in [9.17, 15) is 22.8 Å². The Morgan fingerprint density at radius 3 is 2.35 bits per heavy atom. The van der Waals surface area contributed by atoms with Gasteiger partial charge in [0.1, 0.15) is 5.75 Å². The van der Waals surface area contributed by atoms with Gasteiger partial charge in [-0.2, -0.15) is 13.2 Å². The van der Waals surface area contributed by atoms with Crippen molar-refractivity contribution in [3.05, 3.63) is 76.4 Å². The number of rotatable bonds is 7. The molecule has 2 aromatic carbocycles. The lowest BCUT2D eigenvalue weighted by molar-refractivity contribution is -0.146. The summed E-state index contributed by atoms with van der Waals surface area (Å²) in [5.41, 5.74) is 1.75. The molecule has 2 aromatic rings. The number of methoxy groups -OCH3 is 1. The molecule has 0 fully saturated rings. The maximum atomic E-state index is 13.3. The van der Waals surface area contributed by atoms with E-state index < -0.39 is 29.6 Å². The summed E-state index contributed by atoms with van der Waals surface area (Å²) < 4.78 is 50.0. The fourth-order valence-corrected chi connectivity index (χ4v) is 4.38. The predicted octanol–water partition coefficient (Wildman–Crippen LogP) is 5.35. The molecule has 3 rings (SSSR count). The van der Waals surface area contributed by atoms with E-state index in [1.807, 2.05) is 38.1 Å². The number of carbonyl (C=O) groups is 2. The Bertz CT molecular complexity index is 1070. The van der Waals surface area contributed by atoms with E-state index in [4.69, 9.17) is 9.47 Å². The van der Waals surface area contributed by atoms with Gasteiger partial charge in [0.15, 0.2) is 0 Å². The average Bonchev–Trinajstić information content (AvgIpc) is 3.20. The first-order chi connectivity index (χ1) is 16.0. The number of alkyl halides is 3. The fraction of sp³-hybridized carbons (Fsp3) is 0.385. The SMILES string of the molecule is CCOC(=O)[C@H](c1cc(C)cc(C)c1)[C@@H]1C=C[C@H](NC(=O)c2ccc(OC)c(C(F)(F)F)c2)C1. The predicted molar refractivity (Wildman–Crippen MR) is 122 cm³/mol. The average molecular weight is 476 g/mol. The molecule has 5 nitrogen and oxygen atoms in total. The lowest BCUT2D eigenvalue weighted by atomic mass is 9.84. The van der Waals surface area contributed by atoms with Gasteiger partial charge in [-0.05, 0) is 56.9 Å². The van der Waals surface area contributed by atoms with Crippen molar-refractivity contribution in [2.24, 2.45) is 5.92 Å². The number of allylic oxidation sites excluding steroid dienone is 1. The molecule has 182 valence electrons. The molecule has 1 aliphatic rings. The second-order valence-corrected chi connectivity index (χ2v) is 8.43. The Morgan fingerprint density at radius 2 is 1.76 bits per heavy atom. The largest absolute Gasteiger partial charge is 0.496 e. The Hall–Kier alpha value is -3.29. The number of benzene rings is 2. The molecule has 0 radical (unpaired) electrons. The molecule has 3 atom stereocenters. The molecule has 0 spiro atoms. The van der Waals surface area contributed by atoms with Crippen LogP contribution >= 0.6 is 0 Å². The number of hydrogen-bond donors (Lipinski definition) is 1. The van der Waals surface area contributed by atoms with Gasteiger partial charge >= 0.3 is 12.1 Å². The third-order valence-electron chi connectivity index (χ3n) is 5.77. The third kappa shape index (κ3) is 5.79. The second-order valence-electron chi connectivity index (χ2n) is 8.43. The Morgan fingerprint density at radius 1 is 1.09 bits per heavy atom. The minimum atomic E-state index is -4.65. The van der Waals surface area contributed by atoms with E-state index in [-0.39, 0.29) is 29.8 Å². The van der Waals surface area contributed by atoms with E-state index in [1.165, 1.54) is 6.07 Å². The number of halogens is 3. The molecule has 0 heterocycles. The Kier molecular flexibility index (Phi) is 7.69. The first-order valence-electron chi connectivity index (χ1n) is 11.0. The number of amides is 1. The summed E-state index contributed by atoms with van der Waals surface area (Å²) in [6.07, 6.45) is -0.603. The van der Waals surface area contributed by atoms with Gasteiger partial charge < -0.3 is 14.8 Å². The molecule has 1 aliphatic carbocycles. The minimum Gasteiger partial charge on any atom is -0.496 e. The second kappa shape index (κ2) is 10.3. The highest BCUT2D eigenvalue weighted by Crippen LogP contribution is 2.37. The van der Waals surface area contributed by atoms with E-state index in [0.29, 0.717) is 6.42 Å². The van der Waals surface area contributed by atoms with Crippen molar-refractivity contribution < 1.29 is 32.2 Å². The number of esters is 1. The maximum absolute atomic E-state index is 13.3. The van der Waals surface area contributed by atoms with Gasteiger partial charge in [0.05, 0.1) is 25.2 Å². The molecule has 1 amide bonds. The lowest BCUT2D eigenvalue weighted by Gasteiger charge is -2.23. The number of carbonyl (C=O) groups excluding carboxylic acids is 2.